The summed E-state index contributed by atoms with van der Waals surface area (Å²) < 4.78 is 0. The lowest BCUT2D eigenvalue weighted by molar-refractivity contribution is 0.666. The van der Waals surface area contributed by atoms with E-state index in [1.807, 2.05) is 13.0 Å². The van der Waals surface area contributed by atoms with Crippen molar-refractivity contribution in [2.24, 2.45) is 5.92 Å². The Hall–Kier alpha value is -0.700. The Kier molecular flexibility index (Phi) is 5.01. The fourth-order valence-corrected chi connectivity index (χ4v) is 0.543. The van der Waals surface area contributed by atoms with Crippen LogP contribution in [-0.4, -0.2) is 0 Å². The van der Waals surface area contributed by atoms with Crippen molar-refractivity contribution in [1.82, 2.24) is 0 Å². The molecule has 50 valence electrons. The number of rotatable bonds is 3. The lowest BCUT2D eigenvalue weighted by atomic mass is 10.1. The number of hydrogen-bond acceptors (Lipinski definition) is 0. The second-order valence-electron chi connectivity index (χ2n) is 2.18. The molecule has 1 atom stereocenters. The minimum atomic E-state index is 0.617. The molecule has 0 bridgehead atoms. The average molecular weight is 122 g/mol. The summed E-state index contributed by atoms with van der Waals surface area (Å²) >= 11 is 0. The Morgan fingerprint density at radius 2 is 2.33 bits per heavy atom. The molecule has 0 nitrogen and oxygen atoms in total. The van der Waals surface area contributed by atoms with E-state index in [2.05, 4.69) is 25.3 Å². The Morgan fingerprint density at radius 3 is 2.78 bits per heavy atom. The quantitative estimate of drug-likeness (QED) is 0.398. The van der Waals surface area contributed by atoms with E-state index in [9.17, 15) is 0 Å². The zero-order chi connectivity index (χ0) is 7.11. The van der Waals surface area contributed by atoms with Crippen molar-refractivity contribution < 1.29 is 0 Å². The lowest BCUT2D eigenvalue weighted by Gasteiger charge is -1.98. The van der Waals surface area contributed by atoms with Crippen molar-refractivity contribution in [2.75, 3.05) is 0 Å². The predicted octanol–water partition coefficient (Wildman–Crippen LogP) is 2.61. The van der Waals surface area contributed by atoms with E-state index in [0.29, 0.717) is 5.92 Å². The molecule has 0 N–H and O–H groups in total. The van der Waals surface area contributed by atoms with Crippen LogP contribution in [0.25, 0.3) is 0 Å². The first-order chi connectivity index (χ1) is 4.31. The second kappa shape index (κ2) is 5.44. The first-order valence-corrected chi connectivity index (χ1v) is 3.33. The SMILES string of the molecule is C=C[C@H](C)CCC#CC. The van der Waals surface area contributed by atoms with Gasteiger partial charge in [-0.2, -0.15) is 0 Å². The summed E-state index contributed by atoms with van der Waals surface area (Å²) in [6.07, 6.45) is 4.12. The van der Waals surface area contributed by atoms with E-state index in [0.717, 1.165) is 12.8 Å². The van der Waals surface area contributed by atoms with E-state index in [-0.39, 0.29) is 0 Å². The third-order valence-electron chi connectivity index (χ3n) is 1.30. The predicted molar refractivity (Wildman–Crippen MR) is 42.0 cm³/mol. The summed E-state index contributed by atoms with van der Waals surface area (Å²) in [4.78, 5) is 0. The molecule has 0 aromatic rings. The molecule has 0 saturated heterocycles. The lowest BCUT2D eigenvalue weighted by Crippen LogP contribution is -1.85. The van der Waals surface area contributed by atoms with E-state index < -0.39 is 0 Å². The van der Waals surface area contributed by atoms with Gasteiger partial charge >= 0.3 is 0 Å². The molecule has 0 fully saturated rings. The first-order valence-electron chi connectivity index (χ1n) is 3.33. The van der Waals surface area contributed by atoms with Crippen LogP contribution in [0.4, 0.5) is 0 Å². The van der Waals surface area contributed by atoms with Gasteiger partial charge in [0.2, 0.25) is 0 Å². The minimum absolute atomic E-state index is 0.617. The molecule has 0 unspecified atom stereocenters. The van der Waals surface area contributed by atoms with E-state index >= 15 is 0 Å². The molecule has 0 aliphatic rings. The second-order valence-corrected chi connectivity index (χ2v) is 2.18. The van der Waals surface area contributed by atoms with Crippen LogP contribution in [0.15, 0.2) is 12.7 Å². The fraction of sp³-hybridized carbons (Fsp3) is 0.556. The van der Waals surface area contributed by atoms with Gasteiger partial charge in [0.05, 0.1) is 0 Å². The number of allylic oxidation sites excluding steroid dienone is 1. The molecule has 0 spiro atoms. The van der Waals surface area contributed by atoms with Crippen molar-refractivity contribution in [2.45, 2.75) is 26.7 Å². The van der Waals surface area contributed by atoms with Gasteiger partial charge in [0.1, 0.15) is 0 Å². The Morgan fingerprint density at radius 1 is 1.67 bits per heavy atom. The van der Waals surface area contributed by atoms with Crippen LogP contribution in [0, 0.1) is 17.8 Å². The highest BCUT2D eigenvalue weighted by molar-refractivity contribution is 4.95. The third kappa shape index (κ3) is 5.17. The maximum Gasteiger partial charge on any atom is 0.00940 e. The van der Waals surface area contributed by atoms with Gasteiger partial charge in [-0.1, -0.05) is 13.0 Å². The highest BCUT2D eigenvalue weighted by Crippen LogP contribution is 2.03. The highest BCUT2D eigenvalue weighted by atomic mass is 14.0. The van der Waals surface area contributed by atoms with Crippen LogP contribution in [0.3, 0.4) is 0 Å². The first kappa shape index (κ1) is 8.30. The molecule has 0 amide bonds. The molecule has 0 heterocycles. The molecule has 0 saturated carbocycles. The maximum absolute atomic E-state index is 3.69. The third-order valence-corrected chi connectivity index (χ3v) is 1.30. The van der Waals surface area contributed by atoms with Gasteiger partial charge in [-0.25, -0.2) is 0 Å². The molecule has 0 aromatic carbocycles. The molecule has 0 radical (unpaired) electrons. The van der Waals surface area contributed by atoms with Gasteiger partial charge in [0.15, 0.2) is 0 Å². The van der Waals surface area contributed by atoms with Crippen LogP contribution in [0.1, 0.15) is 26.7 Å². The summed E-state index contributed by atoms with van der Waals surface area (Å²) in [5, 5.41) is 0. The molecule has 9 heavy (non-hydrogen) atoms. The van der Waals surface area contributed by atoms with Gasteiger partial charge in [-0.3, -0.25) is 0 Å². The van der Waals surface area contributed by atoms with Gasteiger partial charge in [-0.15, -0.1) is 18.4 Å². The van der Waals surface area contributed by atoms with Gasteiger partial charge in [0, 0.05) is 6.42 Å². The van der Waals surface area contributed by atoms with Crippen LogP contribution in [-0.2, 0) is 0 Å². The van der Waals surface area contributed by atoms with E-state index in [4.69, 9.17) is 0 Å². The van der Waals surface area contributed by atoms with Crippen molar-refractivity contribution in [3.8, 4) is 11.8 Å². The smallest absolute Gasteiger partial charge is 0.00940 e. The molecule has 0 heteroatoms. The van der Waals surface area contributed by atoms with Crippen molar-refractivity contribution in [3.05, 3.63) is 12.7 Å². The summed E-state index contributed by atoms with van der Waals surface area (Å²) in [6, 6.07) is 0. The Bertz CT molecular complexity index is 123. The molecule has 0 aromatic heterocycles. The minimum Gasteiger partial charge on any atom is -0.107 e. The molecular weight excluding hydrogens is 108 g/mol. The highest BCUT2D eigenvalue weighted by Gasteiger charge is 1.91. The zero-order valence-corrected chi connectivity index (χ0v) is 6.28. The van der Waals surface area contributed by atoms with Crippen LogP contribution in [0.2, 0.25) is 0 Å². The van der Waals surface area contributed by atoms with Crippen molar-refractivity contribution >= 4 is 0 Å². The summed E-state index contributed by atoms with van der Waals surface area (Å²) in [6.45, 7) is 7.72. The van der Waals surface area contributed by atoms with Crippen molar-refractivity contribution in [3.63, 3.8) is 0 Å². The van der Waals surface area contributed by atoms with Gasteiger partial charge in [-0.05, 0) is 19.3 Å². The monoisotopic (exact) mass is 122 g/mol. The summed E-state index contributed by atoms with van der Waals surface area (Å²) in [5.41, 5.74) is 0. The Balaban J connectivity index is 3.23. The molecule has 0 aliphatic carbocycles. The maximum atomic E-state index is 3.69. The molecule has 0 aliphatic heterocycles. The fourth-order valence-electron chi connectivity index (χ4n) is 0.543. The van der Waals surface area contributed by atoms with Crippen LogP contribution >= 0.6 is 0 Å². The largest absolute Gasteiger partial charge is 0.107 e. The Labute approximate surface area is 58.0 Å². The van der Waals surface area contributed by atoms with Crippen molar-refractivity contribution in [1.29, 1.82) is 0 Å². The molecule has 0 rings (SSSR count). The number of hydrogen-bond donors (Lipinski definition) is 0. The average Bonchev–Trinajstić information content (AvgIpc) is 1.89. The van der Waals surface area contributed by atoms with Crippen LogP contribution < -0.4 is 0 Å². The zero-order valence-electron chi connectivity index (χ0n) is 6.28. The van der Waals surface area contributed by atoms with E-state index in [1.165, 1.54) is 0 Å². The summed E-state index contributed by atoms with van der Waals surface area (Å²) in [7, 11) is 0. The summed E-state index contributed by atoms with van der Waals surface area (Å²) in [5.74, 6) is 6.50. The standard InChI is InChI=1S/C9H14/c1-4-6-7-8-9(3)5-2/h5,9H,2,7-8H2,1,3H3/t9-/m0/s1. The topological polar surface area (TPSA) is 0 Å². The van der Waals surface area contributed by atoms with Gasteiger partial charge in [0.25, 0.3) is 0 Å². The molecular formula is C9H14. The van der Waals surface area contributed by atoms with Crippen LogP contribution in [0.5, 0.6) is 0 Å². The van der Waals surface area contributed by atoms with E-state index in [1.54, 1.807) is 0 Å². The van der Waals surface area contributed by atoms with Gasteiger partial charge < -0.3 is 0 Å². The normalized spacial score (nSPS) is 11.3.